The van der Waals surface area contributed by atoms with Gasteiger partial charge in [0, 0.05) is 17.6 Å². The van der Waals surface area contributed by atoms with Crippen molar-refractivity contribution in [3.63, 3.8) is 0 Å². The number of carboxylic acids is 1. The van der Waals surface area contributed by atoms with E-state index in [1.165, 1.54) is 39.5 Å². The fraction of sp³-hybridized carbons (Fsp3) is 0.241. The number of aliphatic carboxylic acids is 1. The highest BCUT2D eigenvalue weighted by Gasteiger charge is 2.25. The molecule has 3 rings (SSSR count). The summed E-state index contributed by atoms with van der Waals surface area (Å²) in [6.45, 7) is 0.139. The third-order valence-corrected chi connectivity index (χ3v) is 7.76. The molecule has 3 aromatic rings. The third-order valence-electron chi connectivity index (χ3n) is 6.02. The standard InChI is InChI=1S/C29H31ClN2O8S/c1-38-25-17-19(18-26(39-2)28(25)40-3)6-15-27(33)31-16-4-5-24(29(34)35)32-41(36,37)23-13-9-21(10-14-23)20-7-11-22(30)12-8-20/h6-15,17-18,24,32H,4-5,16H2,1-3H3,(H,31,33)(H,34,35)/b15-6+. The van der Waals surface area contributed by atoms with Gasteiger partial charge in [0.2, 0.25) is 21.7 Å². The van der Waals surface area contributed by atoms with Crippen LogP contribution in [0, 0.1) is 0 Å². The van der Waals surface area contributed by atoms with Crippen LogP contribution in [0.4, 0.5) is 0 Å². The summed E-state index contributed by atoms with van der Waals surface area (Å²) in [7, 11) is 0.364. The van der Waals surface area contributed by atoms with Crippen LogP contribution in [0.25, 0.3) is 17.2 Å². The number of carboxylic acid groups (broad SMARTS) is 1. The molecule has 1 atom stereocenters. The number of nitrogens with one attached hydrogen (secondary N) is 2. The Kier molecular flexibility index (Phi) is 11.2. The maximum atomic E-state index is 12.8. The molecule has 3 aromatic carbocycles. The molecule has 3 N–H and O–H groups in total. The molecule has 0 aliphatic carbocycles. The molecule has 10 nitrogen and oxygen atoms in total. The quantitative estimate of drug-likeness (QED) is 0.182. The summed E-state index contributed by atoms with van der Waals surface area (Å²) in [5.74, 6) is -0.430. The highest BCUT2D eigenvalue weighted by Crippen LogP contribution is 2.38. The molecular formula is C29H31ClN2O8S. The summed E-state index contributed by atoms with van der Waals surface area (Å²) in [6, 6.07) is 15.2. The Balaban J connectivity index is 1.54. The molecule has 1 unspecified atom stereocenters. The lowest BCUT2D eigenvalue weighted by atomic mass is 10.1. The minimum Gasteiger partial charge on any atom is -0.493 e. The third kappa shape index (κ3) is 8.71. The van der Waals surface area contributed by atoms with Crippen molar-refractivity contribution in [2.75, 3.05) is 27.9 Å². The van der Waals surface area contributed by atoms with Crippen LogP contribution in [-0.4, -0.2) is 59.3 Å². The van der Waals surface area contributed by atoms with Crippen LogP contribution < -0.4 is 24.2 Å². The highest BCUT2D eigenvalue weighted by molar-refractivity contribution is 7.89. The Morgan fingerprint density at radius 1 is 0.927 bits per heavy atom. The number of amides is 1. The fourth-order valence-electron chi connectivity index (χ4n) is 3.90. The van der Waals surface area contributed by atoms with Gasteiger partial charge in [0.15, 0.2) is 11.5 Å². The Morgan fingerprint density at radius 3 is 2.00 bits per heavy atom. The van der Waals surface area contributed by atoms with Crippen molar-refractivity contribution in [2.45, 2.75) is 23.8 Å². The van der Waals surface area contributed by atoms with Crippen molar-refractivity contribution in [1.29, 1.82) is 0 Å². The minimum atomic E-state index is -4.10. The van der Waals surface area contributed by atoms with Gasteiger partial charge >= 0.3 is 5.97 Å². The summed E-state index contributed by atoms with van der Waals surface area (Å²) in [5, 5.41) is 12.8. The summed E-state index contributed by atoms with van der Waals surface area (Å²) < 4.78 is 43.8. The smallest absolute Gasteiger partial charge is 0.321 e. The molecule has 0 aliphatic heterocycles. The number of rotatable bonds is 14. The molecule has 0 fully saturated rings. The number of hydrogen-bond acceptors (Lipinski definition) is 7. The second kappa shape index (κ2) is 14.5. The largest absolute Gasteiger partial charge is 0.493 e. The Hall–Kier alpha value is -4.06. The number of carbonyl (C=O) groups is 2. The molecule has 0 heterocycles. The normalized spacial score (nSPS) is 12.1. The molecule has 1 amide bonds. The van der Waals surface area contributed by atoms with E-state index in [-0.39, 0.29) is 24.3 Å². The number of carbonyl (C=O) groups excluding carboxylic acids is 1. The van der Waals surface area contributed by atoms with Crippen LogP contribution >= 0.6 is 11.6 Å². The first kappa shape index (κ1) is 31.5. The molecule has 12 heteroatoms. The van der Waals surface area contributed by atoms with Gasteiger partial charge in [-0.25, -0.2) is 8.42 Å². The van der Waals surface area contributed by atoms with E-state index in [4.69, 9.17) is 25.8 Å². The van der Waals surface area contributed by atoms with Crippen LogP contribution in [0.1, 0.15) is 18.4 Å². The number of ether oxygens (including phenoxy) is 3. The minimum absolute atomic E-state index is 0.0334. The number of hydrogen-bond donors (Lipinski definition) is 3. The summed E-state index contributed by atoms with van der Waals surface area (Å²) in [6.07, 6.45) is 3.06. The Morgan fingerprint density at radius 2 is 1.49 bits per heavy atom. The predicted octanol–water partition coefficient (Wildman–Crippen LogP) is 4.37. The molecule has 0 saturated heterocycles. The lowest BCUT2D eigenvalue weighted by molar-refractivity contribution is -0.139. The van der Waals surface area contributed by atoms with E-state index in [0.29, 0.717) is 27.8 Å². The molecule has 218 valence electrons. The van der Waals surface area contributed by atoms with Crippen molar-refractivity contribution >= 4 is 39.6 Å². The second-order valence-electron chi connectivity index (χ2n) is 8.77. The monoisotopic (exact) mass is 602 g/mol. The van der Waals surface area contributed by atoms with Gasteiger partial charge in [0.1, 0.15) is 6.04 Å². The van der Waals surface area contributed by atoms with Gasteiger partial charge in [-0.3, -0.25) is 9.59 Å². The van der Waals surface area contributed by atoms with Crippen LogP contribution in [0.5, 0.6) is 17.2 Å². The predicted molar refractivity (Wildman–Crippen MR) is 156 cm³/mol. The Labute approximate surface area is 243 Å². The number of halogens is 1. The van der Waals surface area contributed by atoms with E-state index in [1.54, 1.807) is 42.5 Å². The fourth-order valence-corrected chi connectivity index (χ4v) is 5.25. The first-order valence-corrected chi connectivity index (χ1v) is 14.3. The average Bonchev–Trinajstić information content (AvgIpc) is 2.97. The van der Waals surface area contributed by atoms with Gasteiger partial charge in [0.05, 0.1) is 26.2 Å². The number of sulfonamides is 1. The summed E-state index contributed by atoms with van der Waals surface area (Å²) in [5.41, 5.74) is 2.27. The first-order chi connectivity index (χ1) is 19.6. The van der Waals surface area contributed by atoms with E-state index in [0.717, 1.165) is 11.1 Å². The van der Waals surface area contributed by atoms with Crippen molar-refractivity contribution in [3.8, 4) is 28.4 Å². The van der Waals surface area contributed by atoms with Crippen molar-refractivity contribution < 1.29 is 37.3 Å². The summed E-state index contributed by atoms with van der Waals surface area (Å²) in [4.78, 5) is 24.0. The zero-order chi connectivity index (χ0) is 30.0. The number of benzene rings is 3. The van der Waals surface area contributed by atoms with Crippen LogP contribution in [0.15, 0.2) is 71.6 Å². The van der Waals surface area contributed by atoms with E-state index < -0.39 is 27.9 Å². The van der Waals surface area contributed by atoms with Crippen LogP contribution in [0.3, 0.4) is 0 Å². The Bertz CT molecular complexity index is 1470. The van der Waals surface area contributed by atoms with Crippen molar-refractivity contribution in [3.05, 3.63) is 77.3 Å². The van der Waals surface area contributed by atoms with Crippen molar-refractivity contribution in [1.82, 2.24) is 10.0 Å². The van der Waals surface area contributed by atoms with E-state index in [9.17, 15) is 23.1 Å². The van der Waals surface area contributed by atoms with Crippen LogP contribution in [0.2, 0.25) is 5.02 Å². The average molecular weight is 603 g/mol. The van der Waals surface area contributed by atoms with E-state index in [2.05, 4.69) is 10.0 Å². The van der Waals surface area contributed by atoms with Gasteiger partial charge in [-0.05, 0) is 72.0 Å². The molecule has 0 bridgehead atoms. The lowest BCUT2D eigenvalue weighted by Crippen LogP contribution is -2.41. The zero-order valence-corrected chi connectivity index (χ0v) is 24.3. The van der Waals surface area contributed by atoms with Gasteiger partial charge < -0.3 is 24.6 Å². The molecule has 0 saturated carbocycles. The SMILES string of the molecule is COc1cc(/C=C/C(=O)NCCCC(NS(=O)(=O)c2ccc(-c3ccc(Cl)cc3)cc2)C(=O)O)cc(OC)c1OC. The van der Waals surface area contributed by atoms with Gasteiger partial charge in [-0.1, -0.05) is 35.9 Å². The van der Waals surface area contributed by atoms with Gasteiger partial charge in [0.25, 0.3) is 0 Å². The maximum absolute atomic E-state index is 12.8. The number of methoxy groups -OCH3 is 3. The zero-order valence-electron chi connectivity index (χ0n) is 22.7. The molecular weight excluding hydrogens is 572 g/mol. The molecule has 41 heavy (non-hydrogen) atoms. The van der Waals surface area contributed by atoms with E-state index >= 15 is 0 Å². The molecule has 0 spiro atoms. The molecule has 0 aliphatic rings. The van der Waals surface area contributed by atoms with Crippen molar-refractivity contribution in [2.24, 2.45) is 0 Å². The van der Waals surface area contributed by atoms with E-state index in [1.807, 2.05) is 12.1 Å². The summed E-state index contributed by atoms with van der Waals surface area (Å²) >= 11 is 5.91. The maximum Gasteiger partial charge on any atom is 0.321 e. The highest BCUT2D eigenvalue weighted by atomic mass is 35.5. The van der Waals surface area contributed by atoms with Gasteiger partial charge in [-0.2, -0.15) is 4.72 Å². The van der Waals surface area contributed by atoms with Gasteiger partial charge in [-0.15, -0.1) is 0 Å². The lowest BCUT2D eigenvalue weighted by Gasteiger charge is -2.15. The first-order valence-electron chi connectivity index (χ1n) is 12.4. The topological polar surface area (TPSA) is 140 Å². The molecule has 0 aromatic heterocycles. The molecule has 0 radical (unpaired) electrons. The van der Waals surface area contributed by atoms with Crippen LogP contribution in [-0.2, 0) is 19.6 Å². The second-order valence-corrected chi connectivity index (χ2v) is 10.9.